The summed E-state index contributed by atoms with van der Waals surface area (Å²) < 4.78 is 44.3. The maximum Gasteiger partial charge on any atom is 0.416 e. The van der Waals surface area contributed by atoms with Crippen LogP contribution in [0.1, 0.15) is 41.8 Å². The van der Waals surface area contributed by atoms with E-state index in [-0.39, 0.29) is 11.4 Å². The standard InChI is InChI=1S/C19H20F3NO2/c1-3-11-25-17-10-9-15(19(20,21)22)12-16(17)23-18(24)14-7-5-13(4-2)6-8-14/h5-10,12H,3-4,11H2,1-2H3,(H,23,24). The Morgan fingerprint density at radius 2 is 1.76 bits per heavy atom. The number of hydrogen-bond acceptors (Lipinski definition) is 2. The van der Waals surface area contributed by atoms with Gasteiger partial charge in [-0.05, 0) is 48.7 Å². The van der Waals surface area contributed by atoms with Crippen LogP contribution in [0.2, 0.25) is 0 Å². The number of amides is 1. The number of alkyl halides is 3. The zero-order valence-corrected chi connectivity index (χ0v) is 14.1. The summed E-state index contributed by atoms with van der Waals surface area (Å²) in [6, 6.07) is 9.99. The van der Waals surface area contributed by atoms with Gasteiger partial charge in [0.05, 0.1) is 17.9 Å². The van der Waals surface area contributed by atoms with E-state index >= 15 is 0 Å². The van der Waals surface area contributed by atoms with E-state index in [0.717, 1.165) is 24.1 Å². The largest absolute Gasteiger partial charge is 0.491 e. The van der Waals surface area contributed by atoms with E-state index in [1.165, 1.54) is 6.07 Å². The van der Waals surface area contributed by atoms with Gasteiger partial charge in [0.2, 0.25) is 0 Å². The third-order valence-corrected chi connectivity index (χ3v) is 3.64. The molecule has 0 aliphatic rings. The molecule has 25 heavy (non-hydrogen) atoms. The number of nitrogens with one attached hydrogen (secondary N) is 1. The minimum absolute atomic E-state index is 0.00726. The number of ether oxygens (including phenoxy) is 1. The Labute approximate surface area is 144 Å². The highest BCUT2D eigenvalue weighted by Gasteiger charge is 2.31. The Morgan fingerprint density at radius 3 is 2.32 bits per heavy atom. The van der Waals surface area contributed by atoms with Gasteiger partial charge in [-0.2, -0.15) is 13.2 Å². The summed E-state index contributed by atoms with van der Waals surface area (Å²) >= 11 is 0. The highest BCUT2D eigenvalue weighted by atomic mass is 19.4. The number of carbonyl (C=O) groups excluding carboxylic acids is 1. The van der Waals surface area contributed by atoms with Crippen LogP contribution >= 0.6 is 0 Å². The van der Waals surface area contributed by atoms with Crippen molar-refractivity contribution in [1.82, 2.24) is 0 Å². The summed E-state index contributed by atoms with van der Waals surface area (Å²) in [5.74, 6) is -0.267. The molecule has 0 unspecified atom stereocenters. The second-order valence-corrected chi connectivity index (χ2v) is 5.56. The smallest absolute Gasteiger partial charge is 0.416 e. The zero-order valence-electron chi connectivity index (χ0n) is 14.1. The molecule has 0 spiro atoms. The maximum absolute atomic E-state index is 12.9. The molecule has 0 aliphatic heterocycles. The zero-order chi connectivity index (χ0) is 18.4. The third kappa shape index (κ3) is 4.98. The molecular formula is C19H20F3NO2. The Kier molecular flexibility index (Phi) is 6.07. The summed E-state index contributed by atoms with van der Waals surface area (Å²) in [7, 11) is 0. The average Bonchev–Trinajstić information content (AvgIpc) is 2.59. The first-order chi connectivity index (χ1) is 11.8. The van der Waals surface area contributed by atoms with Crippen molar-refractivity contribution in [2.24, 2.45) is 0 Å². The van der Waals surface area contributed by atoms with E-state index in [4.69, 9.17) is 4.74 Å². The number of benzene rings is 2. The van der Waals surface area contributed by atoms with Gasteiger partial charge in [0, 0.05) is 5.56 Å². The number of halogens is 3. The lowest BCUT2D eigenvalue weighted by Gasteiger charge is -2.15. The number of aryl methyl sites for hydroxylation is 1. The van der Waals surface area contributed by atoms with Gasteiger partial charge in [0.15, 0.2) is 0 Å². The molecule has 134 valence electrons. The lowest BCUT2D eigenvalue weighted by Crippen LogP contribution is -2.14. The van der Waals surface area contributed by atoms with Crippen LogP contribution in [0.3, 0.4) is 0 Å². The summed E-state index contributed by atoms with van der Waals surface area (Å²) in [5, 5.41) is 2.52. The Bertz CT molecular complexity index is 724. The molecule has 0 saturated carbocycles. The topological polar surface area (TPSA) is 38.3 Å². The second kappa shape index (κ2) is 8.05. The van der Waals surface area contributed by atoms with Crippen LogP contribution in [0.25, 0.3) is 0 Å². The fourth-order valence-electron chi connectivity index (χ4n) is 2.23. The van der Waals surface area contributed by atoms with Gasteiger partial charge in [-0.3, -0.25) is 4.79 Å². The molecule has 6 heteroatoms. The molecule has 0 radical (unpaired) electrons. The third-order valence-electron chi connectivity index (χ3n) is 3.64. The molecule has 2 aromatic rings. The van der Waals surface area contributed by atoms with Crippen molar-refractivity contribution in [2.45, 2.75) is 32.9 Å². The molecule has 0 saturated heterocycles. The predicted molar refractivity (Wildman–Crippen MR) is 91.0 cm³/mol. The quantitative estimate of drug-likeness (QED) is 0.766. The monoisotopic (exact) mass is 351 g/mol. The van der Waals surface area contributed by atoms with Gasteiger partial charge >= 0.3 is 6.18 Å². The SMILES string of the molecule is CCCOc1ccc(C(F)(F)F)cc1NC(=O)c1ccc(CC)cc1. The fourth-order valence-corrected chi connectivity index (χ4v) is 2.23. The van der Waals surface area contributed by atoms with Gasteiger partial charge < -0.3 is 10.1 Å². The van der Waals surface area contributed by atoms with Crippen molar-refractivity contribution < 1.29 is 22.7 Å². The van der Waals surface area contributed by atoms with Crippen molar-refractivity contribution in [1.29, 1.82) is 0 Å². The van der Waals surface area contributed by atoms with E-state index < -0.39 is 17.6 Å². The fraction of sp³-hybridized carbons (Fsp3) is 0.316. The van der Waals surface area contributed by atoms with Crippen LogP contribution in [-0.2, 0) is 12.6 Å². The van der Waals surface area contributed by atoms with E-state index in [0.29, 0.717) is 18.6 Å². The van der Waals surface area contributed by atoms with Crippen LogP contribution in [0.5, 0.6) is 5.75 Å². The Hall–Kier alpha value is -2.50. The van der Waals surface area contributed by atoms with Crippen LogP contribution in [0.4, 0.5) is 18.9 Å². The summed E-state index contributed by atoms with van der Waals surface area (Å²) in [5.41, 5.74) is 0.611. The Balaban J connectivity index is 2.28. The molecule has 3 nitrogen and oxygen atoms in total. The first kappa shape index (κ1) is 18.8. The number of carbonyl (C=O) groups is 1. The van der Waals surface area contributed by atoms with Gasteiger partial charge in [0.25, 0.3) is 5.91 Å². The maximum atomic E-state index is 12.9. The lowest BCUT2D eigenvalue weighted by atomic mass is 10.1. The average molecular weight is 351 g/mol. The van der Waals surface area contributed by atoms with Crippen molar-refractivity contribution in [3.8, 4) is 5.75 Å². The molecule has 1 amide bonds. The second-order valence-electron chi connectivity index (χ2n) is 5.56. The molecular weight excluding hydrogens is 331 g/mol. The van der Waals surface area contributed by atoms with E-state index in [1.54, 1.807) is 12.1 Å². The molecule has 2 rings (SSSR count). The molecule has 0 bridgehead atoms. The lowest BCUT2D eigenvalue weighted by molar-refractivity contribution is -0.137. The Morgan fingerprint density at radius 1 is 1.08 bits per heavy atom. The van der Waals surface area contributed by atoms with Crippen LogP contribution in [0, 0.1) is 0 Å². The van der Waals surface area contributed by atoms with Crippen LogP contribution in [-0.4, -0.2) is 12.5 Å². The molecule has 0 heterocycles. The van der Waals surface area contributed by atoms with Crippen molar-refractivity contribution in [3.63, 3.8) is 0 Å². The molecule has 2 aromatic carbocycles. The highest BCUT2D eigenvalue weighted by molar-refractivity contribution is 6.05. The summed E-state index contributed by atoms with van der Waals surface area (Å²) in [4.78, 5) is 12.4. The number of rotatable bonds is 6. The van der Waals surface area contributed by atoms with Crippen molar-refractivity contribution >= 4 is 11.6 Å². The number of hydrogen-bond donors (Lipinski definition) is 1. The van der Waals surface area contributed by atoms with Gasteiger partial charge in [-0.1, -0.05) is 26.0 Å². The first-order valence-electron chi connectivity index (χ1n) is 8.09. The summed E-state index contributed by atoms with van der Waals surface area (Å²) in [6.07, 6.45) is -2.96. The first-order valence-corrected chi connectivity index (χ1v) is 8.09. The van der Waals surface area contributed by atoms with E-state index in [9.17, 15) is 18.0 Å². The normalized spacial score (nSPS) is 11.2. The van der Waals surface area contributed by atoms with Gasteiger partial charge in [0.1, 0.15) is 5.75 Å². The molecule has 1 N–H and O–H groups in total. The molecule has 0 atom stereocenters. The van der Waals surface area contributed by atoms with Crippen LogP contribution < -0.4 is 10.1 Å². The van der Waals surface area contributed by atoms with Gasteiger partial charge in [-0.15, -0.1) is 0 Å². The highest BCUT2D eigenvalue weighted by Crippen LogP contribution is 2.35. The molecule has 0 aromatic heterocycles. The molecule has 0 aliphatic carbocycles. The van der Waals surface area contributed by atoms with Crippen molar-refractivity contribution in [3.05, 3.63) is 59.2 Å². The van der Waals surface area contributed by atoms with Crippen LogP contribution in [0.15, 0.2) is 42.5 Å². The van der Waals surface area contributed by atoms with Gasteiger partial charge in [-0.25, -0.2) is 0 Å². The predicted octanol–water partition coefficient (Wildman–Crippen LogP) is 5.31. The molecule has 0 fully saturated rings. The van der Waals surface area contributed by atoms with Crippen molar-refractivity contribution in [2.75, 3.05) is 11.9 Å². The number of anilines is 1. The minimum Gasteiger partial charge on any atom is -0.491 e. The minimum atomic E-state index is -4.49. The summed E-state index contributed by atoms with van der Waals surface area (Å²) in [6.45, 7) is 4.23. The van der Waals surface area contributed by atoms with E-state index in [2.05, 4.69) is 5.32 Å². The van der Waals surface area contributed by atoms with E-state index in [1.807, 2.05) is 26.0 Å².